The molecule has 6 nitrogen and oxygen atoms in total. The van der Waals surface area contributed by atoms with Gasteiger partial charge in [0.15, 0.2) is 5.96 Å². The third-order valence-electron chi connectivity index (χ3n) is 3.68. The molecule has 1 aromatic heterocycles. The van der Waals surface area contributed by atoms with Gasteiger partial charge >= 0.3 is 0 Å². The maximum absolute atomic E-state index is 5.26. The van der Waals surface area contributed by atoms with Gasteiger partial charge in [0.25, 0.3) is 0 Å². The smallest absolute Gasteiger partial charge is 0.191 e. The van der Waals surface area contributed by atoms with Gasteiger partial charge in [0.1, 0.15) is 11.6 Å². The van der Waals surface area contributed by atoms with Gasteiger partial charge in [0.2, 0.25) is 0 Å². The number of rotatable bonds is 8. The Morgan fingerprint density at radius 3 is 2.88 bits per heavy atom. The van der Waals surface area contributed by atoms with Gasteiger partial charge in [-0.25, -0.2) is 9.98 Å². The summed E-state index contributed by atoms with van der Waals surface area (Å²) in [5.74, 6) is 3.23. The fourth-order valence-corrected chi connectivity index (χ4v) is 2.51. The Kier molecular flexibility index (Phi) is 7.32. The Morgan fingerprint density at radius 2 is 2.16 bits per heavy atom. The highest BCUT2D eigenvalue weighted by atomic mass is 16.5. The SMILES string of the molecule is CCNC(=NCc1cccc(OC)c1)NCc1nccn1CC(C)C. The summed E-state index contributed by atoms with van der Waals surface area (Å²) in [6.45, 7) is 9.48. The van der Waals surface area contributed by atoms with Gasteiger partial charge in [-0.05, 0) is 30.5 Å². The van der Waals surface area contributed by atoms with E-state index in [2.05, 4.69) is 45.9 Å². The van der Waals surface area contributed by atoms with Crippen molar-refractivity contribution in [2.75, 3.05) is 13.7 Å². The fourth-order valence-electron chi connectivity index (χ4n) is 2.51. The van der Waals surface area contributed by atoms with Crippen LogP contribution in [0.5, 0.6) is 5.75 Å². The molecular weight excluding hydrogens is 314 g/mol. The second-order valence-corrected chi connectivity index (χ2v) is 6.29. The number of methoxy groups -OCH3 is 1. The highest BCUT2D eigenvalue weighted by molar-refractivity contribution is 5.79. The van der Waals surface area contributed by atoms with Crippen LogP contribution in [0.1, 0.15) is 32.2 Å². The first-order chi connectivity index (χ1) is 12.1. The summed E-state index contributed by atoms with van der Waals surface area (Å²) < 4.78 is 7.44. The van der Waals surface area contributed by atoms with Crippen LogP contribution in [0.4, 0.5) is 0 Å². The van der Waals surface area contributed by atoms with Crippen LogP contribution >= 0.6 is 0 Å². The van der Waals surface area contributed by atoms with E-state index in [9.17, 15) is 0 Å². The van der Waals surface area contributed by atoms with Crippen LogP contribution in [-0.2, 0) is 19.6 Å². The molecule has 0 bridgehead atoms. The van der Waals surface area contributed by atoms with Crippen LogP contribution in [0.3, 0.4) is 0 Å². The highest BCUT2D eigenvalue weighted by Gasteiger charge is 2.06. The molecule has 2 rings (SSSR count). The third kappa shape index (κ3) is 6.14. The number of imidazole rings is 1. The molecule has 1 heterocycles. The summed E-state index contributed by atoms with van der Waals surface area (Å²) in [6, 6.07) is 7.96. The zero-order chi connectivity index (χ0) is 18.1. The van der Waals surface area contributed by atoms with Crippen molar-refractivity contribution in [2.24, 2.45) is 10.9 Å². The summed E-state index contributed by atoms with van der Waals surface area (Å²) in [7, 11) is 1.67. The van der Waals surface area contributed by atoms with E-state index in [1.165, 1.54) is 0 Å². The Labute approximate surface area is 150 Å². The number of guanidine groups is 1. The molecule has 0 amide bonds. The van der Waals surface area contributed by atoms with E-state index in [0.717, 1.165) is 36.2 Å². The zero-order valence-electron chi connectivity index (χ0n) is 15.6. The first-order valence-electron chi connectivity index (χ1n) is 8.77. The summed E-state index contributed by atoms with van der Waals surface area (Å²) in [5.41, 5.74) is 1.11. The lowest BCUT2D eigenvalue weighted by molar-refractivity contribution is 0.414. The van der Waals surface area contributed by atoms with Crippen molar-refractivity contribution in [3.05, 3.63) is 48.0 Å². The molecule has 0 fully saturated rings. The minimum atomic E-state index is 0.586. The van der Waals surface area contributed by atoms with Gasteiger partial charge in [0.05, 0.1) is 20.2 Å². The van der Waals surface area contributed by atoms with Crippen molar-refractivity contribution in [3.8, 4) is 5.75 Å². The molecule has 2 N–H and O–H groups in total. The fraction of sp³-hybridized carbons (Fsp3) is 0.474. The van der Waals surface area contributed by atoms with E-state index in [1.807, 2.05) is 36.7 Å². The van der Waals surface area contributed by atoms with E-state index in [1.54, 1.807) is 7.11 Å². The van der Waals surface area contributed by atoms with E-state index in [4.69, 9.17) is 4.74 Å². The van der Waals surface area contributed by atoms with Crippen LogP contribution < -0.4 is 15.4 Å². The molecule has 0 aliphatic heterocycles. The summed E-state index contributed by atoms with van der Waals surface area (Å²) >= 11 is 0. The monoisotopic (exact) mass is 343 g/mol. The van der Waals surface area contributed by atoms with Gasteiger partial charge in [-0.3, -0.25) is 0 Å². The molecule has 0 aliphatic carbocycles. The Morgan fingerprint density at radius 1 is 1.32 bits per heavy atom. The molecule has 0 aliphatic rings. The molecular formula is C19H29N5O. The standard InChI is InChI=1S/C19H29N5O/c1-5-20-19(22-12-16-7-6-8-17(11-16)25-4)23-13-18-21-9-10-24(18)14-15(2)3/h6-11,15H,5,12-14H2,1-4H3,(H2,20,22,23). The molecule has 0 atom stereocenters. The lowest BCUT2D eigenvalue weighted by atomic mass is 10.2. The predicted octanol–water partition coefficient (Wildman–Crippen LogP) is 2.80. The molecule has 1 aromatic carbocycles. The normalized spacial score (nSPS) is 11.6. The van der Waals surface area contributed by atoms with Crippen LogP contribution in [-0.4, -0.2) is 29.2 Å². The number of ether oxygens (including phenoxy) is 1. The highest BCUT2D eigenvalue weighted by Crippen LogP contribution is 2.13. The summed E-state index contributed by atoms with van der Waals surface area (Å²) in [4.78, 5) is 9.09. The molecule has 25 heavy (non-hydrogen) atoms. The summed E-state index contributed by atoms with van der Waals surface area (Å²) in [5, 5.41) is 6.63. The van der Waals surface area contributed by atoms with Crippen molar-refractivity contribution < 1.29 is 4.74 Å². The molecule has 6 heteroatoms. The largest absolute Gasteiger partial charge is 0.497 e. The second kappa shape index (κ2) is 9.71. The van der Waals surface area contributed by atoms with E-state index < -0.39 is 0 Å². The lowest BCUT2D eigenvalue weighted by Crippen LogP contribution is -2.37. The maximum Gasteiger partial charge on any atom is 0.191 e. The Hall–Kier alpha value is -2.50. The average molecular weight is 343 g/mol. The van der Waals surface area contributed by atoms with E-state index in [-0.39, 0.29) is 0 Å². The number of nitrogens with one attached hydrogen (secondary N) is 2. The average Bonchev–Trinajstić information content (AvgIpc) is 3.04. The third-order valence-corrected chi connectivity index (χ3v) is 3.68. The minimum Gasteiger partial charge on any atom is -0.497 e. The molecule has 0 spiro atoms. The minimum absolute atomic E-state index is 0.586. The van der Waals surface area contributed by atoms with Crippen LogP contribution in [0.2, 0.25) is 0 Å². The summed E-state index contributed by atoms with van der Waals surface area (Å²) in [6.07, 6.45) is 3.87. The molecule has 0 radical (unpaired) electrons. The second-order valence-electron chi connectivity index (χ2n) is 6.29. The number of hydrogen-bond donors (Lipinski definition) is 2. The van der Waals surface area contributed by atoms with Crippen LogP contribution in [0, 0.1) is 5.92 Å². The van der Waals surface area contributed by atoms with Crippen molar-refractivity contribution in [3.63, 3.8) is 0 Å². The van der Waals surface area contributed by atoms with Crippen LogP contribution in [0.15, 0.2) is 41.7 Å². The number of aliphatic imine (C=N–C) groups is 1. The lowest BCUT2D eigenvalue weighted by Gasteiger charge is -2.14. The number of hydrogen-bond acceptors (Lipinski definition) is 3. The van der Waals surface area contributed by atoms with Gasteiger partial charge < -0.3 is 19.9 Å². The van der Waals surface area contributed by atoms with Gasteiger partial charge in [-0.15, -0.1) is 0 Å². The number of nitrogens with zero attached hydrogens (tertiary/aromatic N) is 3. The van der Waals surface area contributed by atoms with Crippen molar-refractivity contribution in [2.45, 2.75) is 40.4 Å². The zero-order valence-corrected chi connectivity index (χ0v) is 15.6. The van der Waals surface area contributed by atoms with Gasteiger partial charge in [0, 0.05) is 25.5 Å². The Bertz CT molecular complexity index is 678. The molecule has 136 valence electrons. The maximum atomic E-state index is 5.26. The van der Waals surface area contributed by atoms with Gasteiger partial charge in [-0.1, -0.05) is 26.0 Å². The van der Waals surface area contributed by atoms with Gasteiger partial charge in [-0.2, -0.15) is 0 Å². The topological polar surface area (TPSA) is 63.5 Å². The quantitative estimate of drug-likeness (QED) is 0.571. The number of aromatic nitrogens is 2. The van der Waals surface area contributed by atoms with E-state index >= 15 is 0 Å². The molecule has 0 saturated heterocycles. The molecule has 0 unspecified atom stereocenters. The van der Waals surface area contributed by atoms with Crippen LogP contribution in [0.25, 0.3) is 0 Å². The van der Waals surface area contributed by atoms with Crippen molar-refractivity contribution in [1.29, 1.82) is 0 Å². The number of benzene rings is 1. The first-order valence-corrected chi connectivity index (χ1v) is 8.77. The van der Waals surface area contributed by atoms with Crippen molar-refractivity contribution in [1.82, 2.24) is 20.2 Å². The molecule has 0 saturated carbocycles. The first kappa shape index (κ1) is 18.8. The van der Waals surface area contributed by atoms with Crippen molar-refractivity contribution >= 4 is 5.96 Å². The Balaban J connectivity index is 1.99. The van der Waals surface area contributed by atoms with E-state index in [0.29, 0.717) is 19.0 Å². The molecule has 2 aromatic rings. The predicted molar refractivity (Wildman–Crippen MR) is 102 cm³/mol.